The number of hydrogen-bond donors (Lipinski definition) is 0. The third-order valence-electron chi connectivity index (χ3n) is 2.71. The van der Waals surface area contributed by atoms with Gasteiger partial charge in [-0.3, -0.25) is 0 Å². The van der Waals surface area contributed by atoms with Crippen molar-refractivity contribution < 1.29 is 22.6 Å². The van der Waals surface area contributed by atoms with Crippen molar-refractivity contribution in [1.29, 1.82) is 5.26 Å². The summed E-state index contributed by atoms with van der Waals surface area (Å²) in [6, 6.07) is 7.79. The molecule has 6 heteroatoms. The molecule has 0 radical (unpaired) electrons. The van der Waals surface area contributed by atoms with E-state index in [4.69, 9.17) is 10.00 Å². The standard InChI is InChI=1S/C12H10F3NO2/c13-12(14,15)18-10-4-2-1-3-9(10)11-8(7-16)5-6-17-11/h1-4,8,11H,5-6H2. The van der Waals surface area contributed by atoms with Crippen molar-refractivity contribution in [3.05, 3.63) is 29.8 Å². The Bertz CT molecular complexity index is 467. The predicted molar refractivity (Wildman–Crippen MR) is 55.5 cm³/mol. The van der Waals surface area contributed by atoms with E-state index in [1.807, 2.05) is 6.07 Å². The Morgan fingerprint density at radius 2 is 2.06 bits per heavy atom. The van der Waals surface area contributed by atoms with Gasteiger partial charge in [-0.05, 0) is 12.5 Å². The van der Waals surface area contributed by atoms with E-state index in [2.05, 4.69) is 4.74 Å². The summed E-state index contributed by atoms with van der Waals surface area (Å²) in [5, 5.41) is 8.93. The maximum Gasteiger partial charge on any atom is 0.573 e. The zero-order chi connectivity index (χ0) is 13.2. The molecule has 1 aliphatic heterocycles. The van der Waals surface area contributed by atoms with E-state index in [0.29, 0.717) is 13.0 Å². The van der Waals surface area contributed by atoms with Gasteiger partial charge in [-0.2, -0.15) is 5.26 Å². The van der Waals surface area contributed by atoms with Gasteiger partial charge in [0, 0.05) is 12.2 Å². The Morgan fingerprint density at radius 3 is 2.72 bits per heavy atom. The first-order chi connectivity index (χ1) is 8.51. The van der Waals surface area contributed by atoms with Crippen molar-refractivity contribution >= 4 is 0 Å². The van der Waals surface area contributed by atoms with Crippen LogP contribution in [0.15, 0.2) is 24.3 Å². The van der Waals surface area contributed by atoms with Crippen LogP contribution in [-0.4, -0.2) is 13.0 Å². The SMILES string of the molecule is N#CC1CCOC1c1ccccc1OC(F)(F)F. The smallest absolute Gasteiger partial charge is 0.405 e. The summed E-state index contributed by atoms with van der Waals surface area (Å²) < 4.78 is 46.1. The average Bonchev–Trinajstić information content (AvgIpc) is 2.75. The molecule has 1 heterocycles. The lowest BCUT2D eigenvalue weighted by Crippen LogP contribution is -2.19. The summed E-state index contributed by atoms with van der Waals surface area (Å²) in [5.74, 6) is -0.750. The molecule has 0 aromatic heterocycles. The van der Waals surface area contributed by atoms with E-state index in [-0.39, 0.29) is 11.3 Å². The molecule has 1 saturated heterocycles. The number of nitrogens with zero attached hydrogens (tertiary/aromatic N) is 1. The number of halogens is 3. The normalized spacial score (nSPS) is 23.7. The minimum Gasteiger partial charge on any atom is -0.405 e. The van der Waals surface area contributed by atoms with Gasteiger partial charge in [-0.25, -0.2) is 0 Å². The minimum absolute atomic E-state index is 0.263. The van der Waals surface area contributed by atoms with Gasteiger partial charge in [0.25, 0.3) is 0 Å². The Morgan fingerprint density at radius 1 is 1.33 bits per heavy atom. The molecule has 2 unspecified atom stereocenters. The highest BCUT2D eigenvalue weighted by Gasteiger charge is 2.36. The Labute approximate surface area is 102 Å². The van der Waals surface area contributed by atoms with Crippen LogP contribution in [0.1, 0.15) is 18.1 Å². The van der Waals surface area contributed by atoms with Gasteiger partial charge >= 0.3 is 6.36 Å². The molecule has 1 aromatic carbocycles. The average molecular weight is 257 g/mol. The molecule has 18 heavy (non-hydrogen) atoms. The van der Waals surface area contributed by atoms with Gasteiger partial charge < -0.3 is 9.47 Å². The van der Waals surface area contributed by atoms with Crippen LogP contribution < -0.4 is 4.74 Å². The van der Waals surface area contributed by atoms with Gasteiger partial charge in [0.05, 0.1) is 12.0 Å². The fraction of sp³-hybridized carbons (Fsp3) is 0.417. The van der Waals surface area contributed by atoms with Crippen molar-refractivity contribution in [1.82, 2.24) is 0 Å². The first-order valence-corrected chi connectivity index (χ1v) is 5.37. The van der Waals surface area contributed by atoms with Crippen LogP contribution in [0.2, 0.25) is 0 Å². The predicted octanol–water partition coefficient (Wildman–Crippen LogP) is 3.19. The monoisotopic (exact) mass is 257 g/mol. The van der Waals surface area contributed by atoms with Crippen molar-refractivity contribution in [2.24, 2.45) is 5.92 Å². The second-order valence-corrected chi connectivity index (χ2v) is 3.90. The van der Waals surface area contributed by atoms with Gasteiger partial charge in [0.1, 0.15) is 11.9 Å². The number of hydrogen-bond acceptors (Lipinski definition) is 3. The lowest BCUT2D eigenvalue weighted by Gasteiger charge is -2.18. The summed E-state index contributed by atoms with van der Waals surface area (Å²) in [6.07, 6.45) is -4.90. The molecule has 0 spiro atoms. The highest BCUT2D eigenvalue weighted by atomic mass is 19.4. The van der Waals surface area contributed by atoms with E-state index < -0.39 is 18.4 Å². The Hall–Kier alpha value is -1.74. The first kappa shape index (κ1) is 12.7. The van der Waals surface area contributed by atoms with Gasteiger partial charge in [-0.15, -0.1) is 13.2 Å². The van der Waals surface area contributed by atoms with Crippen molar-refractivity contribution in [3.8, 4) is 11.8 Å². The number of nitriles is 1. The van der Waals surface area contributed by atoms with Crippen LogP contribution in [0.5, 0.6) is 5.75 Å². The summed E-state index contributed by atoms with van der Waals surface area (Å²) in [4.78, 5) is 0. The van der Waals surface area contributed by atoms with Crippen molar-refractivity contribution in [2.45, 2.75) is 18.9 Å². The van der Waals surface area contributed by atoms with Crippen LogP contribution in [0.25, 0.3) is 0 Å². The molecular formula is C12H10F3NO2. The van der Waals surface area contributed by atoms with Gasteiger partial charge in [-0.1, -0.05) is 18.2 Å². The third-order valence-corrected chi connectivity index (χ3v) is 2.71. The zero-order valence-electron chi connectivity index (χ0n) is 9.28. The summed E-state index contributed by atoms with van der Waals surface area (Å²) in [6.45, 7) is 0.364. The Balaban J connectivity index is 2.30. The highest BCUT2D eigenvalue weighted by Crippen LogP contribution is 2.39. The number of para-hydroxylation sites is 1. The molecule has 1 aliphatic rings. The van der Waals surface area contributed by atoms with Crippen LogP contribution in [0.4, 0.5) is 13.2 Å². The molecule has 1 aromatic rings. The lowest BCUT2D eigenvalue weighted by molar-refractivity contribution is -0.275. The highest BCUT2D eigenvalue weighted by molar-refractivity contribution is 5.36. The van der Waals surface area contributed by atoms with Crippen LogP contribution >= 0.6 is 0 Å². The molecule has 96 valence electrons. The van der Waals surface area contributed by atoms with Crippen LogP contribution in [-0.2, 0) is 4.74 Å². The molecular weight excluding hydrogens is 247 g/mol. The third kappa shape index (κ3) is 2.74. The minimum atomic E-state index is -4.75. The first-order valence-electron chi connectivity index (χ1n) is 5.37. The van der Waals surface area contributed by atoms with E-state index in [0.717, 1.165) is 0 Å². The van der Waals surface area contributed by atoms with Crippen molar-refractivity contribution in [3.63, 3.8) is 0 Å². The second kappa shape index (κ2) is 4.86. The molecule has 3 nitrogen and oxygen atoms in total. The second-order valence-electron chi connectivity index (χ2n) is 3.90. The van der Waals surface area contributed by atoms with E-state index >= 15 is 0 Å². The van der Waals surface area contributed by atoms with E-state index in [1.165, 1.54) is 18.2 Å². The topological polar surface area (TPSA) is 42.2 Å². The largest absolute Gasteiger partial charge is 0.573 e. The van der Waals surface area contributed by atoms with Crippen LogP contribution in [0, 0.1) is 17.2 Å². The van der Waals surface area contributed by atoms with E-state index in [1.54, 1.807) is 6.07 Å². The van der Waals surface area contributed by atoms with Gasteiger partial charge in [0.2, 0.25) is 0 Å². The molecule has 1 fully saturated rings. The quantitative estimate of drug-likeness (QED) is 0.817. The molecule has 0 saturated carbocycles. The summed E-state index contributed by atoms with van der Waals surface area (Å²) in [7, 11) is 0. The fourth-order valence-electron chi connectivity index (χ4n) is 1.96. The number of alkyl halides is 3. The van der Waals surface area contributed by atoms with Gasteiger partial charge in [0.15, 0.2) is 0 Å². The summed E-state index contributed by atoms with van der Waals surface area (Å²) >= 11 is 0. The van der Waals surface area contributed by atoms with E-state index in [9.17, 15) is 13.2 Å². The molecule has 0 N–H and O–H groups in total. The molecule has 2 atom stereocenters. The van der Waals surface area contributed by atoms with Crippen molar-refractivity contribution in [2.75, 3.05) is 6.61 Å². The maximum atomic E-state index is 12.3. The molecule has 2 rings (SSSR count). The molecule has 0 amide bonds. The zero-order valence-corrected chi connectivity index (χ0v) is 9.28. The van der Waals surface area contributed by atoms with Crippen LogP contribution in [0.3, 0.4) is 0 Å². The molecule has 0 aliphatic carbocycles. The number of benzene rings is 1. The fourth-order valence-corrected chi connectivity index (χ4v) is 1.96. The Kier molecular flexibility index (Phi) is 3.43. The number of ether oxygens (including phenoxy) is 2. The summed E-state index contributed by atoms with van der Waals surface area (Å²) in [5.41, 5.74) is 0.263. The number of rotatable bonds is 2. The maximum absolute atomic E-state index is 12.3. The molecule has 0 bridgehead atoms. The lowest BCUT2D eigenvalue weighted by atomic mass is 9.96.